The Bertz CT molecular complexity index is 829. The maximum Gasteiger partial charge on any atom is 0.138 e. The lowest BCUT2D eigenvalue weighted by atomic mass is 10.1. The maximum atomic E-state index is 6.14. The Morgan fingerprint density at radius 3 is 2.35 bits per heavy atom. The topological polar surface area (TPSA) is 40.6 Å². The van der Waals surface area contributed by atoms with Gasteiger partial charge in [-0.1, -0.05) is 17.7 Å². The highest BCUT2D eigenvalue weighted by molar-refractivity contribution is 5.49. The Balaban J connectivity index is 2.06. The fourth-order valence-electron chi connectivity index (χ4n) is 2.81. The number of hydrogen-bond donors (Lipinski definition) is 0. The first-order valence-electron chi connectivity index (χ1n) is 7.62. The monoisotopic (exact) mass is 311 g/mol. The van der Waals surface area contributed by atoms with Gasteiger partial charge in [-0.05, 0) is 43.7 Å². The van der Waals surface area contributed by atoms with Gasteiger partial charge in [0.15, 0.2) is 0 Å². The molecule has 0 amide bonds. The van der Waals surface area contributed by atoms with Crippen molar-refractivity contribution in [2.24, 2.45) is 0 Å². The van der Waals surface area contributed by atoms with Gasteiger partial charge in [0.05, 0.1) is 5.35 Å². The highest BCUT2D eigenvalue weighted by Crippen LogP contribution is 2.23. The molecule has 0 fully saturated rings. The van der Waals surface area contributed by atoms with Crippen LogP contribution in [0.3, 0.4) is 0 Å². The molecule has 0 N–H and O–H groups in total. The van der Waals surface area contributed by atoms with Crippen molar-refractivity contribution in [3.8, 4) is 11.5 Å². The number of methoxy groups -OCH3 is 2. The van der Waals surface area contributed by atoms with Crippen LogP contribution in [0.25, 0.3) is 12.2 Å². The van der Waals surface area contributed by atoms with Gasteiger partial charge in [-0.15, -0.1) is 0 Å². The molecule has 0 aliphatic heterocycles. The standard InChI is InChI=1S/C19H21NO3/c1-12-5-6-16(13(2)9-12)23-17-7-8-20-15-11-19(22-4)18(21-3)10-14(15)17/h5-11,18-19H,1-4H3. The van der Waals surface area contributed by atoms with Gasteiger partial charge in [0.1, 0.15) is 23.7 Å². The third-order valence-electron chi connectivity index (χ3n) is 4.05. The van der Waals surface area contributed by atoms with E-state index < -0.39 is 0 Å². The number of aromatic nitrogens is 1. The maximum absolute atomic E-state index is 6.14. The molecule has 4 heteroatoms. The van der Waals surface area contributed by atoms with Crippen LogP contribution in [0, 0.1) is 13.8 Å². The van der Waals surface area contributed by atoms with E-state index in [1.807, 2.05) is 37.3 Å². The van der Waals surface area contributed by atoms with Crippen molar-refractivity contribution in [3.63, 3.8) is 0 Å². The van der Waals surface area contributed by atoms with Crippen molar-refractivity contribution in [2.75, 3.05) is 14.2 Å². The number of benzene rings is 1. The summed E-state index contributed by atoms with van der Waals surface area (Å²) >= 11 is 0. The van der Waals surface area contributed by atoms with Crippen molar-refractivity contribution in [1.29, 1.82) is 0 Å². The molecule has 1 aliphatic rings. The van der Waals surface area contributed by atoms with Crippen LogP contribution < -0.4 is 15.3 Å². The molecule has 2 aromatic rings. The Kier molecular flexibility index (Phi) is 4.46. The van der Waals surface area contributed by atoms with Crippen LogP contribution in [0.4, 0.5) is 0 Å². The van der Waals surface area contributed by atoms with Crippen LogP contribution >= 0.6 is 0 Å². The van der Waals surface area contributed by atoms with E-state index in [0.29, 0.717) is 0 Å². The van der Waals surface area contributed by atoms with E-state index in [9.17, 15) is 0 Å². The van der Waals surface area contributed by atoms with Gasteiger partial charge in [0, 0.05) is 25.6 Å². The minimum atomic E-state index is -0.154. The summed E-state index contributed by atoms with van der Waals surface area (Å²) in [6, 6.07) is 8.03. The smallest absolute Gasteiger partial charge is 0.138 e. The van der Waals surface area contributed by atoms with E-state index in [0.717, 1.165) is 27.6 Å². The van der Waals surface area contributed by atoms with Crippen LogP contribution in [-0.4, -0.2) is 31.4 Å². The van der Waals surface area contributed by atoms with Gasteiger partial charge in [0.25, 0.3) is 0 Å². The third-order valence-corrected chi connectivity index (χ3v) is 4.05. The van der Waals surface area contributed by atoms with Crippen LogP contribution in [0.15, 0.2) is 30.5 Å². The first-order chi connectivity index (χ1) is 11.1. The minimum absolute atomic E-state index is 0.142. The summed E-state index contributed by atoms with van der Waals surface area (Å²) in [4.78, 5) is 4.42. The quantitative estimate of drug-likeness (QED) is 0.867. The van der Waals surface area contributed by atoms with Crippen LogP contribution in [-0.2, 0) is 9.47 Å². The molecule has 1 aromatic heterocycles. The van der Waals surface area contributed by atoms with Gasteiger partial charge in [-0.2, -0.15) is 0 Å². The summed E-state index contributed by atoms with van der Waals surface area (Å²) in [6.07, 6.45) is 5.44. The molecule has 120 valence electrons. The Morgan fingerprint density at radius 1 is 0.913 bits per heavy atom. The van der Waals surface area contributed by atoms with Crippen molar-refractivity contribution in [1.82, 2.24) is 4.98 Å². The van der Waals surface area contributed by atoms with Gasteiger partial charge in [-0.3, -0.25) is 4.98 Å². The molecule has 3 rings (SSSR count). The fraction of sp³-hybridized carbons (Fsp3) is 0.316. The number of pyridine rings is 1. The van der Waals surface area contributed by atoms with E-state index in [1.165, 1.54) is 5.56 Å². The number of aryl methyl sites for hydroxylation is 2. The summed E-state index contributed by atoms with van der Waals surface area (Å²) in [5.74, 6) is 1.62. The summed E-state index contributed by atoms with van der Waals surface area (Å²) in [7, 11) is 3.34. The molecule has 2 atom stereocenters. The van der Waals surface area contributed by atoms with Gasteiger partial charge < -0.3 is 14.2 Å². The predicted octanol–water partition coefficient (Wildman–Crippen LogP) is 2.10. The SMILES string of the molecule is COC1C=c2nccc(Oc3ccc(C)cc3C)c2=CC1OC. The lowest BCUT2D eigenvalue weighted by Crippen LogP contribution is -2.41. The van der Waals surface area contributed by atoms with Crippen molar-refractivity contribution in [3.05, 3.63) is 52.2 Å². The largest absolute Gasteiger partial charge is 0.456 e. The van der Waals surface area contributed by atoms with Crippen LogP contribution in [0.2, 0.25) is 0 Å². The van der Waals surface area contributed by atoms with E-state index in [4.69, 9.17) is 14.2 Å². The summed E-state index contributed by atoms with van der Waals surface area (Å²) in [6.45, 7) is 4.12. The summed E-state index contributed by atoms with van der Waals surface area (Å²) in [5, 5.41) is 1.79. The normalized spacial score (nSPS) is 19.5. The minimum Gasteiger partial charge on any atom is -0.456 e. The lowest BCUT2D eigenvalue weighted by Gasteiger charge is -2.22. The van der Waals surface area contributed by atoms with Crippen LogP contribution in [0.1, 0.15) is 11.1 Å². The Hall–Kier alpha value is -2.17. The molecular weight excluding hydrogens is 290 g/mol. The van der Waals surface area contributed by atoms with Gasteiger partial charge >= 0.3 is 0 Å². The second-order valence-corrected chi connectivity index (χ2v) is 5.71. The average molecular weight is 311 g/mol. The molecule has 1 heterocycles. The first-order valence-corrected chi connectivity index (χ1v) is 7.62. The molecule has 1 aromatic carbocycles. The molecule has 0 spiro atoms. The second kappa shape index (κ2) is 6.52. The highest BCUT2D eigenvalue weighted by Gasteiger charge is 2.21. The zero-order valence-electron chi connectivity index (χ0n) is 13.9. The average Bonchev–Trinajstić information content (AvgIpc) is 2.56. The number of nitrogens with zero attached hydrogens (tertiary/aromatic N) is 1. The zero-order chi connectivity index (χ0) is 16.4. The molecule has 23 heavy (non-hydrogen) atoms. The van der Waals surface area contributed by atoms with Gasteiger partial charge in [-0.25, -0.2) is 0 Å². The van der Waals surface area contributed by atoms with E-state index >= 15 is 0 Å². The molecule has 0 bridgehead atoms. The number of rotatable bonds is 4. The summed E-state index contributed by atoms with van der Waals surface area (Å²) < 4.78 is 17.1. The Morgan fingerprint density at radius 2 is 1.65 bits per heavy atom. The second-order valence-electron chi connectivity index (χ2n) is 5.71. The predicted molar refractivity (Wildman–Crippen MR) is 90.0 cm³/mol. The zero-order valence-corrected chi connectivity index (χ0v) is 13.9. The lowest BCUT2D eigenvalue weighted by molar-refractivity contribution is 0.0303. The Labute approximate surface area is 136 Å². The van der Waals surface area contributed by atoms with Gasteiger partial charge in [0.2, 0.25) is 0 Å². The van der Waals surface area contributed by atoms with Crippen molar-refractivity contribution < 1.29 is 14.2 Å². The molecule has 4 nitrogen and oxygen atoms in total. The number of fused-ring (bicyclic) bond motifs is 1. The molecule has 1 aliphatic carbocycles. The molecule has 2 unspecified atom stereocenters. The van der Waals surface area contributed by atoms with Crippen molar-refractivity contribution in [2.45, 2.75) is 26.1 Å². The van der Waals surface area contributed by atoms with Crippen molar-refractivity contribution >= 4 is 12.2 Å². The molecule has 0 saturated heterocycles. The van der Waals surface area contributed by atoms with Crippen LogP contribution in [0.5, 0.6) is 11.5 Å². The fourth-order valence-corrected chi connectivity index (χ4v) is 2.81. The number of hydrogen-bond acceptors (Lipinski definition) is 4. The van der Waals surface area contributed by atoms with E-state index in [-0.39, 0.29) is 12.2 Å². The number of ether oxygens (including phenoxy) is 3. The molecule has 0 saturated carbocycles. The summed E-state index contributed by atoms with van der Waals surface area (Å²) in [5.41, 5.74) is 2.32. The third kappa shape index (κ3) is 3.14. The van der Waals surface area contributed by atoms with E-state index in [1.54, 1.807) is 20.4 Å². The molecular formula is C19H21NO3. The highest BCUT2D eigenvalue weighted by atomic mass is 16.5. The van der Waals surface area contributed by atoms with E-state index in [2.05, 4.69) is 18.0 Å². The first kappa shape index (κ1) is 15.7. The molecule has 0 radical (unpaired) electrons.